The van der Waals surface area contributed by atoms with Gasteiger partial charge in [0.25, 0.3) is 0 Å². The van der Waals surface area contributed by atoms with Gasteiger partial charge >= 0.3 is 0 Å². The number of aromatic nitrogens is 3. The van der Waals surface area contributed by atoms with E-state index in [1.54, 1.807) is 0 Å². The largest absolute Gasteiger partial charge is 0.363 e. The van der Waals surface area contributed by atoms with Crippen molar-refractivity contribution < 1.29 is 0 Å². The molecule has 0 unspecified atom stereocenters. The second kappa shape index (κ2) is 8.97. The van der Waals surface area contributed by atoms with Crippen molar-refractivity contribution in [2.24, 2.45) is 0 Å². The molecule has 4 rings (SSSR count). The van der Waals surface area contributed by atoms with E-state index in [4.69, 9.17) is 11.6 Å². The van der Waals surface area contributed by atoms with Crippen molar-refractivity contribution in [3.8, 4) is 6.07 Å². The van der Waals surface area contributed by atoms with Gasteiger partial charge in [0.05, 0.1) is 5.69 Å². The fourth-order valence-electron chi connectivity index (χ4n) is 3.62. The molecule has 0 aliphatic carbocycles. The summed E-state index contributed by atoms with van der Waals surface area (Å²) in [4.78, 5) is 6.94. The van der Waals surface area contributed by atoms with Crippen molar-refractivity contribution in [2.45, 2.75) is 32.2 Å². The quantitative estimate of drug-likeness (QED) is 0.628. The zero-order valence-corrected chi connectivity index (χ0v) is 16.9. The predicted molar refractivity (Wildman–Crippen MR) is 115 cm³/mol. The van der Waals surface area contributed by atoms with Crippen molar-refractivity contribution in [1.29, 1.82) is 5.26 Å². The number of hydrogen-bond donors (Lipinski definition) is 2. The Kier molecular flexibility index (Phi) is 5.97. The Labute approximate surface area is 175 Å². The molecule has 1 aliphatic heterocycles. The van der Waals surface area contributed by atoms with Gasteiger partial charge in [0.15, 0.2) is 5.82 Å². The normalized spacial score (nSPS) is 13.9. The molecule has 1 aliphatic rings. The van der Waals surface area contributed by atoms with Crippen molar-refractivity contribution in [3.05, 3.63) is 70.0 Å². The second-order valence-electron chi connectivity index (χ2n) is 7.27. The lowest BCUT2D eigenvalue weighted by Gasteiger charge is -2.27. The van der Waals surface area contributed by atoms with Crippen LogP contribution in [0.1, 0.15) is 41.6 Å². The number of H-pyrrole nitrogens is 1. The number of halogens is 1. The summed E-state index contributed by atoms with van der Waals surface area (Å²) in [5.41, 5.74) is 3.38. The van der Waals surface area contributed by atoms with E-state index in [9.17, 15) is 5.26 Å². The molecule has 0 atom stereocenters. The molecule has 0 spiro atoms. The first-order valence-electron chi connectivity index (χ1n) is 9.88. The molecule has 0 bridgehead atoms. The maximum atomic E-state index is 9.60. The molecule has 7 heteroatoms. The van der Waals surface area contributed by atoms with Gasteiger partial charge in [-0.25, -0.2) is 4.98 Å². The van der Waals surface area contributed by atoms with Gasteiger partial charge in [0, 0.05) is 37.3 Å². The van der Waals surface area contributed by atoms with E-state index < -0.39 is 0 Å². The fraction of sp³-hybridized carbons (Fsp3) is 0.318. The van der Waals surface area contributed by atoms with Crippen molar-refractivity contribution >= 4 is 23.2 Å². The fourth-order valence-corrected chi connectivity index (χ4v) is 3.84. The molecule has 3 aromatic rings. The maximum Gasteiger partial charge on any atom is 0.166 e. The van der Waals surface area contributed by atoms with E-state index in [-0.39, 0.29) is 0 Å². The van der Waals surface area contributed by atoms with Crippen molar-refractivity contribution in [2.75, 3.05) is 23.3 Å². The number of aromatic amines is 1. The van der Waals surface area contributed by atoms with Crippen molar-refractivity contribution in [1.82, 2.24) is 15.2 Å². The van der Waals surface area contributed by atoms with Crippen LogP contribution >= 0.6 is 11.6 Å². The minimum Gasteiger partial charge on any atom is -0.363 e. The van der Waals surface area contributed by atoms with Crippen LogP contribution < -0.4 is 10.2 Å². The lowest BCUT2D eigenvalue weighted by Crippen LogP contribution is -2.30. The van der Waals surface area contributed by atoms with E-state index in [0.29, 0.717) is 29.4 Å². The highest BCUT2D eigenvalue weighted by Gasteiger charge is 2.14. The van der Waals surface area contributed by atoms with Gasteiger partial charge < -0.3 is 10.2 Å². The summed E-state index contributed by atoms with van der Waals surface area (Å²) in [6.45, 7) is 2.72. The van der Waals surface area contributed by atoms with Crippen LogP contribution in [0.4, 0.5) is 11.6 Å². The van der Waals surface area contributed by atoms with Gasteiger partial charge in [0.2, 0.25) is 0 Å². The minimum absolute atomic E-state index is 0.530. The average molecular weight is 407 g/mol. The number of hydrogen-bond acceptors (Lipinski definition) is 5. The summed E-state index contributed by atoms with van der Waals surface area (Å²) in [6.07, 6.45) is 6.24. The SMILES string of the molecule is N#Cc1c(NCc2ccc(N3CCCCC3)nc2)n[nH]c1Cc1cccc(Cl)c1. The van der Waals surface area contributed by atoms with Gasteiger partial charge in [-0.3, -0.25) is 5.10 Å². The Balaban J connectivity index is 1.41. The molecular weight excluding hydrogens is 384 g/mol. The first-order chi connectivity index (χ1) is 14.2. The number of anilines is 2. The lowest BCUT2D eigenvalue weighted by molar-refractivity contribution is 0.573. The van der Waals surface area contributed by atoms with Crippen LogP contribution in [0.25, 0.3) is 0 Å². The molecule has 0 radical (unpaired) electrons. The summed E-state index contributed by atoms with van der Waals surface area (Å²) in [7, 11) is 0. The van der Waals surface area contributed by atoms with E-state index in [0.717, 1.165) is 35.7 Å². The third-order valence-corrected chi connectivity index (χ3v) is 5.41. The lowest BCUT2D eigenvalue weighted by atomic mass is 10.1. The third-order valence-electron chi connectivity index (χ3n) is 5.17. The molecule has 1 aromatic carbocycles. The molecule has 0 saturated carbocycles. The van der Waals surface area contributed by atoms with Crippen LogP contribution in [0.2, 0.25) is 5.02 Å². The zero-order valence-electron chi connectivity index (χ0n) is 16.2. The number of nitriles is 1. The Morgan fingerprint density at radius 1 is 1.14 bits per heavy atom. The van der Waals surface area contributed by atoms with Gasteiger partial charge in [-0.1, -0.05) is 29.8 Å². The molecule has 1 fully saturated rings. The Hall–Kier alpha value is -3.04. The Morgan fingerprint density at radius 2 is 2.00 bits per heavy atom. The van der Waals surface area contributed by atoms with Gasteiger partial charge in [0.1, 0.15) is 17.5 Å². The van der Waals surface area contributed by atoms with Crippen LogP contribution in [0.3, 0.4) is 0 Å². The molecule has 2 N–H and O–H groups in total. The topological polar surface area (TPSA) is 80.6 Å². The van der Waals surface area contributed by atoms with Crippen LogP contribution in [0.5, 0.6) is 0 Å². The van der Waals surface area contributed by atoms with Crippen LogP contribution in [0, 0.1) is 11.3 Å². The first-order valence-corrected chi connectivity index (χ1v) is 10.3. The number of benzene rings is 1. The summed E-state index contributed by atoms with van der Waals surface area (Å²) in [5.74, 6) is 1.60. The predicted octanol–water partition coefficient (Wildman–Crippen LogP) is 4.52. The number of nitrogens with one attached hydrogen (secondary N) is 2. The molecule has 148 valence electrons. The Morgan fingerprint density at radius 3 is 2.72 bits per heavy atom. The Bertz CT molecular complexity index is 999. The van der Waals surface area contributed by atoms with Crippen LogP contribution in [-0.4, -0.2) is 28.3 Å². The summed E-state index contributed by atoms with van der Waals surface area (Å²) in [5, 5.41) is 20.8. The number of pyridine rings is 1. The third kappa shape index (κ3) is 4.69. The number of nitrogens with zero attached hydrogens (tertiary/aromatic N) is 4. The van der Waals surface area contributed by atoms with Crippen molar-refractivity contribution in [3.63, 3.8) is 0 Å². The van der Waals surface area contributed by atoms with Crippen LogP contribution in [0.15, 0.2) is 42.6 Å². The second-order valence-corrected chi connectivity index (χ2v) is 7.71. The molecule has 3 heterocycles. The minimum atomic E-state index is 0.530. The highest BCUT2D eigenvalue weighted by atomic mass is 35.5. The van der Waals surface area contributed by atoms with Gasteiger partial charge in [-0.05, 0) is 48.6 Å². The molecule has 6 nitrogen and oxygen atoms in total. The van der Waals surface area contributed by atoms with E-state index in [2.05, 4.69) is 43.6 Å². The highest BCUT2D eigenvalue weighted by Crippen LogP contribution is 2.22. The summed E-state index contributed by atoms with van der Waals surface area (Å²) < 4.78 is 0. The van der Waals surface area contributed by atoms with E-state index >= 15 is 0 Å². The molecule has 29 heavy (non-hydrogen) atoms. The summed E-state index contributed by atoms with van der Waals surface area (Å²) >= 11 is 6.06. The molecule has 0 amide bonds. The standard InChI is InChI=1S/C22H23ClN6/c23-18-6-4-5-16(11-18)12-20-19(13-24)22(28-27-20)26-15-17-7-8-21(25-14-17)29-9-2-1-3-10-29/h4-8,11,14H,1-3,9-10,12,15H2,(H2,26,27,28). The molecular formula is C22H23ClN6. The monoisotopic (exact) mass is 406 g/mol. The summed E-state index contributed by atoms with van der Waals surface area (Å²) in [6, 6.07) is 14.0. The zero-order chi connectivity index (χ0) is 20.1. The van der Waals surface area contributed by atoms with Gasteiger partial charge in [-0.15, -0.1) is 0 Å². The van der Waals surface area contributed by atoms with E-state index in [1.807, 2.05) is 30.5 Å². The van der Waals surface area contributed by atoms with Crippen LogP contribution in [-0.2, 0) is 13.0 Å². The smallest absolute Gasteiger partial charge is 0.166 e. The molecule has 1 saturated heterocycles. The van der Waals surface area contributed by atoms with E-state index in [1.165, 1.54) is 19.3 Å². The molecule has 2 aromatic heterocycles. The number of piperidine rings is 1. The average Bonchev–Trinajstić information content (AvgIpc) is 3.14. The highest BCUT2D eigenvalue weighted by molar-refractivity contribution is 6.30. The first kappa shape index (κ1) is 19.3. The maximum absolute atomic E-state index is 9.60. The van der Waals surface area contributed by atoms with Gasteiger partial charge in [-0.2, -0.15) is 10.4 Å². The number of rotatable bonds is 6.